The van der Waals surface area contributed by atoms with Crippen LogP contribution in [0.3, 0.4) is 0 Å². The number of ether oxygens (including phenoxy) is 1. The lowest BCUT2D eigenvalue weighted by Crippen LogP contribution is -2.28. The van der Waals surface area contributed by atoms with Gasteiger partial charge in [0.2, 0.25) is 11.8 Å². The molecule has 2 heterocycles. The van der Waals surface area contributed by atoms with Gasteiger partial charge in [0.05, 0.1) is 24.4 Å². The highest BCUT2D eigenvalue weighted by atomic mass is 16.5. The van der Waals surface area contributed by atoms with Crippen molar-refractivity contribution in [2.45, 2.75) is 13.3 Å². The van der Waals surface area contributed by atoms with E-state index in [4.69, 9.17) is 4.74 Å². The van der Waals surface area contributed by atoms with Gasteiger partial charge in [-0.3, -0.25) is 14.7 Å². The first-order chi connectivity index (χ1) is 11.2. The Bertz CT molecular complexity index is 682. The largest absolute Gasteiger partial charge is 0.494 e. The second-order valence-electron chi connectivity index (χ2n) is 5.31. The van der Waals surface area contributed by atoms with Gasteiger partial charge in [-0.2, -0.15) is 5.10 Å². The minimum Gasteiger partial charge on any atom is -0.494 e. The molecule has 1 atom stereocenters. The molecule has 1 saturated heterocycles. The highest BCUT2D eigenvalue weighted by molar-refractivity contribution is 6.03. The zero-order chi connectivity index (χ0) is 16.2. The number of benzene rings is 1. The van der Waals surface area contributed by atoms with Gasteiger partial charge in [-0.1, -0.05) is 0 Å². The molecule has 0 spiro atoms. The lowest BCUT2D eigenvalue weighted by molar-refractivity contribution is -0.122. The van der Waals surface area contributed by atoms with Gasteiger partial charge in [0, 0.05) is 24.8 Å². The first kappa shape index (κ1) is 15.1. The van der Waals surface area contributed by atoms with Gasteiger partial charge in [-0.05, 0) is 31.2 Å². The molecule has 0 unspecified atom stereocenters. The topological polar surface area (TPSA) is 87.3 Å². The molecule has 2 amide bonds. The molecule has 7 heteroatoms. The number of rotatable bonds is 5. The summed E-state index contributed by atoms with van der Waals surface area (Å²) in [6, 6.07) is 7.31. The maximum atomic E-state index is 12.2. The molecule has 1 aliphatic rings. The molecule has 0 aliphatic carbocycles. The summed E-state index contributed by atoms with van der Waals surface area (Å²) >= 11 is 0. The maximum absolute atomic E-state index is 12.2. The predicted molar refractivity (Wildman–Crippen MR) is 85.3 cm³/mol. The summed E-state index contributed by atoms with van der Waals surface area (Å²) in [4.78, 5) is 26.1. The zero-order valence-corrected chi connectivity index (χ0v) is 12.8. The third-order valence-corrected chi connectivity index (χ3v) is 3.72. The maximum Gasteiger partial charge on any atom is 0.229 e. The van der Waals surface area contributed by atoms with Crippen LogP contribution in [0.5, 0.6) is 5.75 Å². The van der Waals surface area contributed by atoms with Crippen LogP contribution in [0.4, 0.5) is 11.4 Å². The third kappa shape index (κ3) is 3.33. The van der Waals surface area contributed by atoms with E-state index in [1.165, 1.54) is 6.20 Å². The molecule has 1 fully saturated rings. The number of H-pyrrole nitrogens is 1. The number of nitrogens with zero attached hydrogens (tertiary/aromatic N) is 2. The Morgan fingerprint density at radius 2 is 2.22 bits per heavy atom. The smallest absolute Gasteiger partial charge is 0.229 e. The standard InChI is InChI=1S/C16H18N4O3/c1-2-23-14-5-3-13(4-6-14)20-10-11(7-15(20)21)16(22)19-12-8-17-18-9-12/h3-6,8-9,11H,2,7,10H2,1H3,(H,17,18)(H,19,22)/t11-/m1/s1. The molecule has 2 aromatic rings. The summed E-state index contributed by atoms with van der Waals surface area (Å²) in [5.41, 5.74) is 1.37. The van der Waals surface area contributed by atoms with Crippen LogP contribution in [-0.4, -0.2) is 35.2 Å². The van der Waals surface area contributed by atoms with Gasteiger partial charge in [-0.15, -0.1) is 0 Å². The summed E-state index contributed by atoms with van der Waals surface area (Å²) in [5.74, 6) is 0.163. The minimum absolute atomic E-state index is 0.0542. The Morgan fingerprint density at radius 3 is 2.87 bits per heavy atom. The molecule has 1 aliphatic heterocycles. The number of hydrogen-bond donors (Lipinski definition) is 2. The van der Waals surface area contributed by atoms with Gasteiger partial charge in [0.1, 0.15) is 5.75 Å². The fraction of sp³-hybridized carbons (Fsp3) is 0.312. The number of aromatic amines is 1. The molecule has 0 radical (unpaired) electrons. The van der Waals surface area contributed by atoms with Crippen LogP contribution in [0.1, 0.15) is 13.3 Å². The lowest BCUT2D eigenvalue weighted by Gasteiger charge is -2.17. The fourth-order valence-corrected chi connectivity index (χ4v) is 2.59. The van der Waals surface area contributed by atoms with Gasteiger partial charge in [0.15, 0.2) is 0 Å². The number of carbonyl (C=O) groups excluding carboxylic acids is 2. The molecule has 1 aromatic heterocycles. The van der Waals surface area contributed by atoms with Crippen LogP contribution in [-0.2, 0) is 9.59 Å². The van der Waals surface area contributed by atoms with Crippen LogP contribution >= 0.6 is 0 Å². The van der Waals surface area contributed by atoms with E-state index >= 15 is 0 Å². The molecule has 120 valence electrons. The van der Waals surface area contributed by atoms with E-state index in [9.17, 15) is 9.59 Å². The highest BCUT2D eigenvalue weighted by Crippen LogP contribution is 2.27. The summed E-state index contributed by atoms with van der Waals surface area (Å²) in [6.07, 6.45) is 3.33. The monoisotopic (exact) mass is 314 g/mol. The van der Waals surface area contributed by atoms with E-state index in [1.54, 1.807) is 11.1 Å². The van der Waals surface area contributed by atoms with E-state index in [1.807, 2.05) is 31.2 Å². The van der Waals surface area contributed by atoms with Crippen LogP contribution in [0.2, 0.25) is 0 Å². The normalized spacial score (nSPS) is 17.3. The quantitative estimate of drug-likeness (QED) is 0.881. The van der Waals surface area contributed by atoms with E-state index in [0.717, 1.165) is 11.4 Å². The van der Waals surface area contributed by atoms with Crippen LogP contribution in [0.25, 0.3) is 0 Å². The molecular weight excluding hydrogens is 296 g/mol. The van der Waals surface area contributed by atoms with Crippen LogP contribution in [0.15, 0.2) is 36.7 Å². The van der Waals surface area contributed by atoms with Crippen molar-refractivity contribution in [1.82, 2.24) is 10.2 Å². The molecule has 0 bridgehead atoms. The van der Waals surface area contributed by atoms with Gasteiger partial charge in [0.25, 0.3) is 0 Å². The first-order valence-corrected chi connectivity index (χ1v) is 7.50. The van der Waals surface area contributed by atoms with E-state index in [0.29, 0.717) is 18.8 Å². The van der Waals surface area contributed by atoms with Gasteiger partial charge in [-0.25, -0.2) is 0 Å². The van der Waals surface area contributed by atoms with Crippen LogP contribution in [0, 0.1) is 5.92 Å². The summed E-state index contributed by atoms with van der Waals surface area (Å²) < 4.78 is 5.39. The molecule has 0 saturated carbocycles. The predicted octanol–water partition coefficient (Wildman–Crippen LogP) is 1.80. The number of aromatic nitrogens is 2. The van der Waals surface area contributed by atoms with Crippen molar-refractivity contribution in [3.05, 3.63) is 36.7 Å². The van der Waals surface area contributed by atoms with Gasteiger partial charge < -0.3 is 15.0 Å². The Hall–Kier alpha value is -2.83. The highest BCUT2D eigenvalue weighted by Gasteiger charge is 2.35. The molecule has 23 heavy (non-hydrogen) atoms. The second-order valence-corrected chi connectivity index (χ2v) is 5.31. The van der Waals surface area contributed by atoms with Crippen molar-refractivity contribution in [3.8, 4) is 5.75 Å². The van der Waals surface area contributed by atoms with Crippen molar-refractivity contribution in [2.75, 3.05) is 23.4 Å². The number of amides is 2. The summed E-state index contributed by atoms with van der Waals surface area (Å²) in [6.45, 7) is 2.88. The van der Waals surface area contributed by atoms with Crippen molar-refractivity contribution in [3.63, 3.8) is 0 Å². The molecular formula is C16H18N4O3. The number of anilines is 2. The Balaban J connectivity index is 1.66. The van der Waals surface area contributed by atoms with E-state index in [2.05, 4.69) is 15.5 Å². The Labute approximate surface area is 133 Å². The molecule has 1 aromatic carbocycles. The Morgan fingerprint density at radius 1 is 1.43 bits per heavy atom. The lowest BCUT2D eigenvalue weighted by atomic mass is 10.1. The third-order valence-electron chi connectivity index (χ3n) is 3.72. The number of carbonyl (C=O) groups is 2. The average Bonchev–Trinajstić information content (AvgIpc) is 3.18. The van der Waals surface area contributed by atoms with Crippen molar-refractivity contribution < 1.29 is 14.3 Å². The Kier molecular flexibility index (Phi) is 4.27. The van der Waals surface area contributed by atoms with Crippen molar-refractivity contribution in [1.29, 1.82) is 0 Å². The fourth-order valence-electron chi connectivity index (χ4n) is 2.59. The van der Waals surface area contributed by atoms with Crippen molar-refractivity contribution in [2.24, 2.45) is 5.92 Å². The van der Waals surface area contributed by atoms with E-state index < -0.39 is 0 Å². The van der Waals surface area contributed by atoms with E-state index in [-0.39, 0.29) is 24.2 Å². The molecule has 2 N–H and O–H groups in total. The molecule has 7 nitrogen and oxygen atoms in total. The zero-order valence-electron chi connectivity index (χ0n) is 12.8. The number of hydrogen-bond acceptors (Lipinski definition) is 4. The minimum atomic E-state index is -0.371. The van der Waals surface area contributed by atoms with Crippen LogP contribution < -0.4 is 15.0 Å². The van der Waals surface area contributed by atoms with Gasteiger partial charge >= 0.3 is 0 Å². The summed E-state index contributed by atoms with van der Waals surface area (Å²) in [7, 11) is 0. The van der Waals surface area contributed by atoms with Crippen molar-refractivity contribution >= 4 is 23.2 Å². The number of nitrogens with one attached hydrogen (secondary N) is 2. The second kappa shape index (κ2) is 6.51. The SMILES string of the molecule is CCOc1ccc(N2C[C@H](C(=O)Nc3cn[nH]c3)CC2=O)cc1. The summed E-state index contributed by atoms with van der Waals surface area (Å²) in [5, 5.41) is 9.16. The average molecular weight is 314 g/mol. The molecule has 3 rings (SSSR count). The first-order valence-electron chi connectivity index (χ1n) is 7.50.